The molecule has 0 aliphatic carbocycles. The quantitative estimate of drug-likeness (QED) is 0.537. The Hall–Kier alpha value is -1.22. The predicted octanol–water partition coefficient (Wildman–Crippen LogP) is 3.46. The molecule has 2 nitrogen and oxygen atoms in total. The molecule has 0 radical (unpaired) electrons. The minimum atomic E-state index is -0.459. The van der Waals surface area contributed by atoms with Crippen LogP contribution in [0.15, 0.2) is 24.3 Å². The van der Waals surface area contributed by atoms with E-state index in [1.807, 2.05) is 0 Å². The molecule has 0 fully saturated rings. The van der Waals surface area contributed by atoms with Gasteiger partial charge in [-0.15, -0.1) is 0 Å². The second kappa shape index (κ2) is 7.17. The first-order chi connectivity index (χ1) is 8.11. The monoisotopic (exact) mass is 238 g/mol. The lowest BCUT2D eigenvalue weighted by Crippen LogP contribution is -2.08. The summed E-state index contributed by atoms with van der Waals surface area (Å²) in [6.07, 6.45) is 1.22. The smallest absolute Gasteiger partial charge is 0.168 e. The van der Waals surface area contributed by atoms with Crippen molar-refractivity contribution in [1.29, 1.82) is 0 Å². The molecule has 3 heteroatoms. The van der Waals surface area contributed by atoms with E-state index in [1.54, 1.807) is 12.1 Å². The molecule has 0 aliphatic rings. The fourth-order valence-electron chi connectivity index (χ4n) is 1.41. The largest absolute Gasteiger partial charge is 0.381 e. The molecule has 1 aromatic rings. The standard InChI is InChI=1S/C14H19FO2/c1-11(2)7-9-17-10-8-14(16)12-5-3-4-6-13(12)15/h3-6,11H,7-10H2,1-2H3. The molecule has 0 saturated carbocycles. The normalized spacial score (nSPS) is 10.8. The summed E-state index contributed by atoms with van der Waals surface area (Å²) in [6, 6.07) is 6.04. The van der Waals surface area contributed by atoms with Gasteiger partial charge in [-0.2, -0.15) is 0 Å². The van der Waals surface area contributed by atoms with Gasteiger partial charge in [0.1, 0.15) is 5.82 Å². The summed E-state index contributed by atoms with van der Waals surface area (Å²) in [7, 11) is 0. The number of Topliss-reactive ketones (excluding diaryl/α,β-unsaturated/α-hetero) is 1. The molecule has 0 aliphatic heterocycles. The molecule has 0 spiro atoms. The van der Waals surface area contributed by atoms with E-state index in [-0.39, 0.29) is 17.8 Å². The summed E-state index contributed by atoms with van der Waals surface area (Å²) >= 11 is 0. The van der Waals surface area contributed by atoms with Gasteiger partial charge in [0.15, 0.2) is 5.78 Å². The zero-order valence-corrected chi connectivity index (χ0v) is 10.4. The van der Waals surface area contributed by atoms with E-state index in [4.69, 9.17) is 4.74 Å². The van der Waals surface area contributed by atoms with E-state index in [1.165, 1.54) is 12.1 Å². The zero-order chi connectivity index (χ0) is 12.7. The van der Waals surface area contributed by atoms with Crippen LogP contribution >= 0.6 is 0 Å². The Kier molecular flexibility index (Phi) is 5.84. The van der Waals surface area contributed by atoms with E-state index >= 15 is 0 Å². The van der Waals surface area contributed by atoms with E-state index < -0.39 is 5.82 Å². The number of ether oxygens (including phenoxy) is 1. The molecular formula is C14H19FO2. The highest BCUT2D eigenvalue weighted by Gasteiger charge is 2.10. The van der Waals surface area contributed by atoms with Gasteiger partial charge < -0.3 is 4.74 Å². The van der Waals surface area contributed by atoms with Crippen molar-refractivity contribution in [3.63, 3.8) is 0 Å². The van der Waals surface area contributed by atoms with E-state index in [0.717, 1.165) is 6.42 Å². The molecule has 0 unspecified atom stereocenters. The van der Waals surface area contributed by atoms with Crippen LogP contribution in [0.4, 0.5) is 4.39 Å². The van der Waals surface area contributed by atoms with Crippen LogP contribution in [-0.2, 0) is 4.74 Å². The zero-order valence-electron chi connectivity index (χ0n) is 10.4. The van der Waals surface area contributed by atoms with Crippen LogP contribution in [0, 0.1) is 11.7 Å². The summed E-state index contributed by atoms with van der Waals surface area (Å²) in [5.41, 5.74) is 0.153. The maximum atomic E-state index is 13.3. The fraction of sp³-hybridized carbons (Fsp3) is 0.500. The second-order valence-electron chi connectivity index (χ2n) is 4.45. The highest BCUT2D eigenvalue weighted by atomic mass is 19.1. The molecule has 0 saturated heterocycles. The molecule has 17 heavy (non-hydrogen) atoms. The van der Waals surface area contributed by atoms with Crippen LogP contribution in [-0.4, -0.2) is 19.0 Å². The number of hydrogen-bond donors (Lipinski definition) is 0. The topological polar surface area (TPSA) is 26.3 Å². The molecule has 0 atom stereocenters. The number of hydrogen-bond acceptors (Lipinski definition) is 2. The molecule has 0 heterocycles. The lowest BCUT2D eigenvalue weighted by atomic mass is 10.1. The highest BCUT2D eigenvalue weighted by molar-refractivity contribution is 5.96. The van der Waals surface area contributed by atoms with Crippen LogP contribution in [0.3, 0.4) is 0 Å². The van der Waals surface area contributed by atoms with E-state index in [0.29, 0.717) is 19.1 Å². The summed E-state index contributed by atoms with van der Waals surface area (Å²) in [5, 5.41) is 0. The van der Waals surface area contributed by atoms with Crippen LogP contribution in [0.25, 0.3) is 0 Å². The lowest BCUT2D eigenvalue weighted by molar-refractivity contribution is 0.0857. The lowest BCUT2D eigenvalue weighted by Gasteiger charge is -2.06. The van der Waals surface area contributed by atoms with Gasteiger partial charge in [0.25, 0.3) is 0 Å². The van der Waals surface area contributed by atoms with Crippen molar-refractivity contribution in [3.8, 4) is 0 Å². The molecular weight excluding hydrogens is 219 g/mol. The van der Waals surface area contributed by atoms with Gasteiger partial charge in [-0.25, -0.2) is 4.39 Å². The first-order valence-electron chi connectivity index (χ1n) is 5.96. The van der Waals surface area contributed by atoms with Crippen molar-refractivity contribution in [3.05, 3.63) is 35.6 Å². The molecule has 1 rings (SSSR count). The van der Waals surface area contributed by atoms with Crippen molar-refractivity contribution < 1.29 is 13.9 Å². The van der Waals surface area contributed by atoms with Gasteiger partial charge in [-0.1, -0.05) is 26.0 Å². The Labute approximate surface area is 102 Å². The summed E-state index contributed by atoms with van der Waals surface area (Å²) < 4.78 is 18.6. The number of benzene rings is 1. The maximum absolute atomic E-state index is 13.3. The van der Waals surface area contributed by atoms with Crippen molar-refractivity contribution in [2.24, 2.45) is 5.92 Å². The number of halogens is 1. The highest BCUT2D eigenvalue weighted by Crippen LogP contribution is 2.09. The third-order valence-electron chi connectivity index (χ3n) is 2.49. The average molecular weight is 238 g/mol. The minimum Gasteiger partial charge on any atom is -0.381 e. The fourth-order valence-corrected chi connectivity index (χ4v) is 1.41. The van der Waals surface area contributed by atoms with Crippen LogP contribution in [0.5, 0.6) is 0 Å². The van der Waals surface area contributed by atoms with Gasteiger partial charge in [0.2, 0.25) is 0 Å². The average Bonchev–Trinajstić information content (AvgIpc) is 2.28. The van der Waals surface area contributed by atoms with Gasteiger partial charge in [-0.3, -0.25) is 4.79 Å². The van der Waals surface area contributed by atoms with Crippen molar-refractivity contribution in [2.45, 2.75) is 26.7 Å². The third-order valence-corrected chi connectivity index (χ3v) is 2.49. The first kappa shape index (κ1) is 13.8. The Morgan fingerprint density at radius 3 is 2.65 bits per heavy atom. The van der Waals surface area contributed by atoms with Gasteiger partial charge >= 0.3 is 0 Å². The second-order valence-corrected chi connectivity index (χ2v) is 4.45. The van der Waals surface area contributed by atoms with Crippen molar-refractivity contribution in [1.82, 2.24) is 0 Å². The summed E-state index contributed by atoms with van der Waals surface area (Å²) in [5.74, 6) is -0.0652. The van der Waals surface area contributed by atoms with Crippen LogP contribution in [0.2, 0.25) is 0 Å². The van der Waals surface area contributed by atoms with Crippen molar-refractivity contribution in [2.75, 3.05) is 13.2 Å². The molecule has 1 aromatic carbocycles. The number of carbonyl (C=O) groups is 1. The van der Waals surface area contributed by atoms with E-state index in [9.17, 15) is 9.18 Å². The third kappa shape index (κ3) is 5.09. The van der Waals surface area contributed by atoms with Crippen LogP contribution in [0.1, 0.15) is 37.0 Å². The molecule has 0 N–H and O–H groups in total. The van der Waals surface area contributed by atoms with E-state index in [2.05, 4.69) is 13.8 Å². The molecule has 0 bridgehead atoms. The molecule has 0 aromatic heterocycles. The summed E-state index contributed by atoms with van der Waals surface area (Å²) in [4.78, 5) is 11.6. The molecule has 0 amide bonds. The molecule has 94 valence electrons. The first-order valence-corrected chi connectivity index (χ1v) is 5.96. The Bertz CT molecular complexity index is 361. The van der Waals surface area contributed by atoms with Crippen molar-refractivity contribution >= 4 is 5.78 Å². The number of ketones is 1. The SMILES string of the molecule is CC(C)CCOCCC(=O)c1ccccc1F. The van der Waals surface area contributed by atoms with Gasteiger partial charge in [-0.05, 0) is 24.5 Å². The number of carbonyl (C=O) groups excluding carboxylic acids is 1. The number of rotatable bonds is 7. The maximum Gasteiger partial charge on any atom is 0.168 e. The van der Waals surface area contributed by atoms with Gasteiger partial charge in [0.05, 0.1) is 12.2 Å². The predicted molar refractivity (Wildman–Crippen MR) is 65.6 cm³/mol. The Balaban J connectivity index is 2.29. The Morgan fingerprint density at radius 1 is 1.29 bits per heavy atom. The summed E-state index contributed by atoms with van der Waals surface area (Å²) in [6.45, 7) is 5.25. The van der Waals surface area contributed by atoms with Crippen LogP contribution < -0.4 is 0 Å². The Morgan fingerprint density at radius 2 is 2.00 bits per heavy atom. The minimum absolute atomic E-state index is 0.153. The van der Waals surface area contributed by atoms with Gasteiger partial charge in [0, 0.05) is 13.0 Å².